The van der Waals surface area contributed by atoms with E-state index >= 15 is 0 Å². The predicted octanol–water partition coefficient (Wildman–Crippen LogP) is 3.05. The Morgan fingerprint density at radius 2 is 2.06 bits per heavy atom. The maximum atomic E-state index is 6.07. The minimum Gasteiger partial charge on any atom is -0.381 e. The molecular formula is C14H21ClN2O. The van der Waals surface area contributed by atoms with Crippen molar-refractivity contribution in [2.75, 3.05) is 25.1 Å². The van der Waals surface area contributed by atoms with Crippen molar-refractivity contribution in [1.82, 2.24) is 4.98 Å². The van der Waals surface area contributed by atoms with Crippen LogP contribution in [0.5, 0.6) is 0 Å². The SMILES string of the molecule is COC1CCN(c2nc(C)cc(C)c2CCl)CC1. The van der Waals surface area contributed by atoms with E-state index in [0.717, 1.165) is 43.0 Å². The summed E-state index contributed by atoms with van der Waals surface area (Å²) < 4.78 is 5.41. The van der Waals surface area contributed by atoms with Gasteiger partial charge in [-0.1, -0.05) is 0 Å². The molecule has 0 unspecified atom stereocenters. The Balaban J connectivity index is 2.23. The number of pyridine rings is 1. The van der Waals surface area contributed by atoms with Crippen LogP contribution in [0.2, 0.25) is 0 Å². The Morgan fingerprint density at radius 3 is 2.61 bits per heavy atom. The zero-order chi connectivity index (χ0) is 13.1. The average molecular weight is 269 g/mol. The summed E-state index contributed by atoms with van der Waals surface area (Å²) in [5, 5.41) is 0. The van der Waals surface area contributed by atoms with Crippen molar-refractivity contribution >= 4 is 17.4 Å². The van der Waals surface area contributed by atoms with E-state index in [4.69, 9.17) is 16.3 Å². The third-order valence-electron chi connectivity index (χ3n) is 3.66. The molecule has 0 radical (unpaired) electrons. The molecule has 0 spiro atoms. The van der Waals surface area contributed by atoms with Gasteiger partial charge in [0.25, 0.3) is 0 Å². The number of aryl methyl sites for hydroxylation is 2. The highest BCUT2D eigenvalue weighted by atomic mass is 35.5. The van der Waals surface area contributed by atoms with Crippen molar-refractivity contribution < 1.29 is 4.74 Å². The van der Waals surface area contributed by atoms with Gasteiger partial charge in [0.1, 0.15) is 5.82 Å². The van der Waals surface area contributed by atoms with Crippen LogP contribution in [0.3, 0.4) is 0 Å². The highest BCUT2D eigenvalue weighted by Gasteiger charge is 2.22. The first-order valence-corrected chi connectivity index (χ1v) is 7.00. The van der Waals surface area contributed by atoms with Gasteiger partial charge >= 0.3 is 0 Å². The lowest BCUT2D eigenvalue weighted by atomic mass is 10.1. The van der Waals surface area contributed by atoms with Gasteiger partial charge in [-0.3, -0.25) is 0 Å². The number of hydrogen-bond donors (Lipinski definition) is 0. The molecule has 100 valence electrons. The molecule has 0 atom stereocenters. The lowest BCUT2D eigenvalue weighted by Gasteiger charge is -2.33. The van der Waals surface area contributed by atoms with Crippen molar-refractivity contribution in [3.63, 3.8) is 0 Å². The highest BCUT2D eigenvalue weighted by Crippen LogP contribution is 2.27. The van der Waals surface area contributed by atoms with Crippen molar-refractivity contribution in [2.24, 2.45) is 0 Å². The summed E-state index contributed by atoms with van der Waals surface area (Å²) in [7, 11) is 1.79. The summed E-state index contributed by atoms with van der Waals surface area (Å²) in [6.45, 7) is 6.14. The Morgan fingerprint density at radius 1 is 1.39 bits per heavy atom. The van der Waals surface area contributed by atoms with Crippen molar-refractivity contribution in [3.8, 4) is 0 Å². The number of anilines is 1. The minimum absolute atomic E-state index is 0.395. The van der Waals surface area contributed by atoms with Gasteiger partial charge in [0.15, 0.2) is 0 Å². The van der Waals surface area contributed by atoms with Crippen LogP contribution < -0.4 is 4.90 Å². The molecule has 0 amide bonds. The van der Waals surface area contributed by atoms with Crippen LogP contribution in [0.15, 0.2) is 6.07 Å². The van der Waals surface area contributed by atoms with E-state index in [-0.39, 0.29) is 0 Å². The number of rotatable bonds is 3. The van der Waals surface area contributed by atoms with Crippen LogP contribution in [0, 0.1) is 13.8 Å². The monoisotopic (exact) mass is 268 g/mol. The number of aromatic nitrogens is 1. The molecule has 0 aromatic carbocycles. The van der Waals surface area contributed by atoms with Gasteiger partial charge in [-0.2, -0.15) is 0 Å². The molecule has 3 nitrogen and oxygen atoms in total. The number of piperidine rings is 1. The summed E-state index contributed by atoms with van der Waals surface area (Å²) in [6.07, 6.45) is 2.52. The van der Waals surface area contributed by atoms with E-state index in [1.807, 2.05) is 6.92 Å². The van der Waals surface area contributed by atoms with E-state index in [2.05, 4.69) is 22.9 Å². The summed E-state index contributed by atoms with van der Waals surface area (Å²) in [5.74, 6) is 1.59. The normalized spacial score (nSPS) is 17.2. The largest absolute Gasteiger partial charge is 0.381 e. The molecule has 18 heavy (non-hydrogen) atoms. The second-order valence-electron chi connectivity index (χ2n) is 4.94. The van der Waals surface area contributed by atoms with Crippen LogP contribution in [-0.4, -0.2) is 31.3 Å². The average Bonchev–Trinajstić information content (AvgIpc) is 2.38. The van der Waals surface area contributed by atoms with Gasteiger partial charge in [-0.25, -0.2) is 4.98 Å². The number of methoxy groups -OCH3 is 1. The molecule has 0 aliphatic carbocycles. The Bertz CT molecular complexity index is 415. The number of hydrogen-bond acceptors (Lipinski definition) is 3. The van der Waals surface area contributed by atoms with Crippen LogP contribution in [0.1, 0.15) is 29.7 Å². The summed E-state index contributed by atoms with van der Waals surface area (Å²) >= 11 is 6.07. The highest BCUT2D eigenvalue weighted by molar-refractivity contribution is 6.17. The minimum atomic E-state index is 0.395. The van der Waals surface area contributed by atoms with Gasteiger partial charge < -0.3 is 9.64 Å². The first-order valence-electron chi connectivity index (χ1n) is 6.46. The van der Waals surface area contributed by atoms with Crippen LogP contribution in [-0.2, 0) is 10.6 Å². The van der Waals surface area contributed by atoms with E-state index in [9.17, 15) is 0 Å². The molecule has 1 aromatic rings. The standard InChI is InChI=1S/C14H21ClN2O/c1-10-8-11(2)16-14(13(10)9-15)17-6-4-12(18-3)5-7-17/h8,12H,4-7,9H2,1-3H3. The van der Waals surface area contributed by atoms with Gasteiger partial charge in [0, 0.05) is 31.5 Å². The quantitative estimate of drug-likeness (QED) is 0.788. The summed E-state index contributed by atoms with van der Waals surface area (Å²) in [6, 6.07) is 2.10. The molecule has 0 saturated carbocycles. The summed E-state index contributed by atoms with van der Waals surface area (Å²) in [4.78, 5) is 7.02. The molecule has 1 saturated heterocycles. The number of ether oxygens (including phenoxy) is 1. The van der Waals surface area contributed by atoms with Gasteiger partial charge in [0.2, 0.25) is 0 Å². The zero-order valence-electron chi connectivity index (χ0n) is 11.4. The van der Waals surface area contributed by atoms with Crippen LogP contribution in [0.25, 0.3) is 0 Å². The van der Waals surface area contributed by atoms with Gasteiger partial charge in [-0.15, -0.1) is 11.6 Å². The molecule has 0 N–H and O–H groups in total. The van der Waals surface area contributed by atoms with E-state index in [0.29, 0.717) is 12.0 Å². The predicted molar refractivity (Wildman–Crippen MR) is 75.5 cm³/mol. The smallest absolute Gasteiger partial charge is 0.133 e. The Kier molecular flexibility index (Phi) is 4.46. The summed E-state index contributed by atoms with van der Waals surface area (Å²) in [5.41, 5.74) is 3.46. The Hall–Kier alpha value is -0.800. The zero-order valence-corrected chi connectivity index (χ0v) is 12.1. The Labute approximate surface area is 114 Å². The van der Waals surface area contributed by atoms with Crippen molar-refractivity contribution in [3.05, 3.63) is 22.9 Å². The third-order valence-corrected chi connectivity index (χ3v) is 3.93. The fourth-order valence-corrected chi connectivity index (χ4v) is 2.90. The van der Waals surface area contributed by atoms with Crippen molar-refractivity contribution in [1.29, 1.82) is 0 Å². The maximum Gasteiger partial charge on any atom is 0.133 e. The second-order valence-corrected chi connectivity index (χ2v) is 5.21. The second kappa shape index (κ2) is 5.89. The lowest BCUT2D eigenvalue weighted by molar-refractivity contribution is 0.0817. The molecular weight excluding hydrogens is 248 g/mol. The maximum absolute atomic E-state index is 6.07. The van der Waals surface area contributed by atoms with E-state index in [1.165, 1.54) is 5.56 Å². The molecule has 0 bridgehead atoms. The molecule has 4 heteroatoms. The third kappa shape index (κ3) is 2.78. The lowest BCUT2D eigenvalue weighted by Crippen LogP contribution is -2.37. The molecule has 2 heterocycles. The van der Waals surface area contributed by atoms with Gasteiger partial charge in [-0.05, 0) is 38.3 Å². The number of halogens is 1. The molecule has 1 fully saturated rings. The number of nitrogens with zero attached hydrogens (tertiary/aromatic N) is 2. The first kappa shape index (κ1) is 13.6. The van der Waals surface area contributed by atoms with E-state index < -0.39 is 0 Å². The van der Waals surface area contributed by atoms with Crippen LogP contribution >= 0.6 is 11.6 Å². The fourth-order valence-electron chi connectivity index (χ4n) is 2.57. The first-order chi connectivity index (χ1) is 8.65. The molecule has 1 aliphatic rings. The van der Waals surface area contributed by atoms with Gasteiger partial charge in [0.05, 0.1) is 12.0 Å². The fraction of sp³-hybridized carbons (Fsp3) is 0.643. The molecule has 2 rings (SSSR count). The van der Waals surface area contributed by atoms with Crippen LogP contribution in [0.4, 0.5) is 5.82 Å². The molecule has 1 aliphatic heterocycles. The van der Waals surface area contributed by atoms with Crippen molar-refractivity contribution in [2.45, 2.75) is 38.7 Å². The topological polar surface area (TPSA) is 25.4 Å². The molecule has 1 aromatic heterocycles. The number of alkyl halides is 1. The van der Waals surface area contributed by atoms with E-state index in [1.54, 1.807) is 7.11 Å².